The second-order valence-electron chi connectivity index (χ2n) is 7.38. The minimum Gasteiger partial charge on any atom is -0.444 e. The number of hydrogen-bond donors (Lipinski definition) is 1. The molecule has 0 bridgehead atoms. The number of hydrogen-bond acceptors (Lipinski definition) is 4. The van der Waals surface area contributed by atoms with Gasteiger partial charge in [0.05, 0.1) is 6.10 Å². The number of likely N-dealkylation sites (tertiary alicyclic amines) is 1. The molecule has 0 aromatic carbocycles. The van der Waals surface area contributed by atoms with E-state index in [1.165, 1.54) is 0 Å². The maximum Gasteiger partial charge on any atom is 0.410 e. The van der Waals surface area contributed by atoms with Crippen LogP contribution in [0.5, 0.6) is 0 Å². The predicted octanol–water partition coefficient (Wildman–Crippen LogP) is 1.62. The lowest BCUT2D eigenvalue weighted by Gasteiger charge is -2.26. The molecule has 2 heterocycles. The lowest BCUT2D eigenvalue weighted by atomic mass is 10.1. The van der Waals surface area contributed by atoms with Gasteiger partial charge in [0, 0.05) is 31.8 Å². The fraction of sp³-hybridized carbons (Fsp3) is 0.933. The largest absolute Gasteiger partial charge is 0.444 e. The highest BCUT2D eigenvalue weighted by molar-refractivity contribution is 5.69. The van der Waals surface area contributed by atoms with Crippen molar-refractivity contribution in [3.8, 4) is 0 Å². The molecule has 2 aliphatic heterocycles. The average molecular weight is 282 g/mol. The van der Waals surface area contributed by atoms with Crippen LogP contribution in [0.25, 0.3) is 0 Å². The Bertz CT molecular complexity index is 381. The molecule has 3 fully saturated rings. The van der Waals surface area contributed by atoms with Crippen LogP contribution in [-0.4, -0.2) is 54.5 Å². The van der Waals surface area contributed by atoms with Crippen LogP contribution in [0, 0.1) is 11.8 Å². The summed E-state index contributed by atoms with van der Waals surface area (Å²) in [5.74, 6) is 1.21. The van der Waals surface area contributed by atoms with Gasteiger partial charge in [0.15, 0.2) is 0 Å². The van der Waals surface area contributed by atoms with E-state index in [-0.39, 0.29) is 6.09 Å². The summed E-state index contributed by atoms with van der Waals surface area (Å²) >= 11 is 0. The van der Waals surface area contributed by atoms with Crippen LogP contribution in [0.1, 0.15) is 34.1 Å². The lowest BCUT2D eigenvalue weighted by Crippen LogP contribution is -2.42. The molecule has 5 heteroatoms. The summed E-state index contributed by atoms with van der Waals surface area (Å²) in [7, 11) is 0. The maximum absolute atomic E-state index is 12.0. The van der Waals surface area contributed by atoms with Gasteiger partial charge in [-0.05, 0) is 46.0 Å². The second-order valence-corrected chi connectivity index (χ2v) is 7.38. The van der Waals surface area contributed by atoms with E-state index in [1.807, 2.05) is 25.7 Å². The molecule has 20 heavy (non-hydrogen) atoms. The van der Waals surface area contributed by atoms with Crippen molar-refractivity contribution in [2.75, 3.05) is 19.7 Å². The first kappa shape index (κ1) is 14.1. The van der Waals surface area contributed by atoms with Gasteiger partial charge in [-0.3, -0.25) is 0 Å². The number of rotatable bonds is 2. The SMILES string of the molecule is CC1OCCC1NC1C2CN(C(=O)OC(C)(C)C)CC21. The van der Waals surface area contributed by atoms with Gasteiger partial charge in [-0.25, -0.2) is 4.79 Å². The topological polar surface area (TPSA) is 50.8 Å². The highest BCUT2D eigenvalue weighted by atomic mass is 16.6. The highest BCUT2D eigenvalue weighted by Crippen LogP contribution is 2.46. The Morgan fingerprint density at radius 2 is 1.95 bits per heavy atom. The third-order valence-corrected chi connectivity index (χ3v) is 4.63. The first-order valence-electron chi connectivity index (χ1n) is 7.71. The third kappa shape index (κ3) is 2.79. The van der Waals surface area contributed by atoms with Crippen molar-refractivity contribution in [1.29, 1.82) is 0 Å². The minimum atomic E-state index is -0.405. The molecule has 114 valence electrons. The van der Waals surface area contributed by atoms with Crippen LogP contribution >= 0.6 is 0 Å². The molecule has 0 radical (unpaired) electrons. The molecule has 4 unspecified atom stereocenters. The van der Waals surface area contributed by atoms with E-state index in [2.05, 4.69) is 12.2 Å². The zero-order chi connectivity index (χ0) is 14.5. The van der Waals surface area contributed by atoms with E-state index in [0.717, 1.165) is 26.1 Å². The number of carbonyl (C=O) groups is 1. The third-order valence-electron chi connectivity index (χ3n) is 4.63. The quantitative estimate of drug-likeness (QED) is 0.836. The van der Waals surface area contributed by atoms with E-state index in [4.69, 9.17) is 9.47 Å². The molecule has 5 nitrogen and oxygen atoms in total. The van der Waals surface area contributed by atoms with E-state index in [1.54, 1.807) is 0 Å². The standard InChI is InChI=1S/C15H26N2O3/c1-9-12(5-6-19-9)16-13-10-7-17(8-11(10)13)14(18)20-15(2,3)4/h9-13,16H,5-8H2,1-4H3. The minimum absolute atomic E-state index is 0.166. The summed E-state index contributed by atoms with van der Waals surface area (Å²) in [4.78, 5) is 13.8. The van der Waals surface area contributed by atoms with Gasteiger partial charge in [-0.15, -0.1) is 0 Å². The number of nitrogens with one attached hydrogen (secondary N) is 1. The summed E-state index contributed by atoms with van der Waals surface area (Å²) in [6, 6.07) is 1.06. The first-order valence-corrected chi connectivity index (χ1v) is 7.71. The highest BCUT2D eigenvalue weighted by Gasteiger charge is 2.57. The molecule has 4 atom stereocenters. The Labute approximate surface area is 121 Å². The van der Waals surface area contributed by atoms with Crippen LogP contribution in [0.2, 0.25) is 0 Å². The van der Waals surface area contributed by atoms with E-state index < -0.39 is 5.60 Å². The zero-order valence-corrected chi connectivity index (χ0v) is 12.9. The molecule has 2 saturated heterocycles. The van der Waals surface area contributed by atoms with Crippen molar-refractivity contribution < 1.29 is 14.3 Å². The fourth-order valence-corrected chi connectivity index (χ4v) is 3.45. The van der Waals surface area contributed by atoms with Crippen LogP contribution < -0.4 is 5.32 Å². The number of ether oxygens (including phenoxy) is 2. The van der Waals surface area contributed by atoms with Crippen LogP contribution in [0.4, 0.5) is 4.79 Å². The van der Waals surface area contributed by atoms with E-state index >= 15 is 0 Å². The Morgan fingerprint density at radius 1 is 1.30 bits per heavy atom. The van der Waals surface area contributed by atoms with Gasteiger partial charge < -0.3 is 19.7 Å². The Hall–Kier alpha value is -0.810. The zero-order valence-electron chi connectivity index (χ0n) is 12.9. The molecule has 1 aliphatic carbocycles. The molecular formula is C15H26N2O3. The Morgan fingerprint density at radius 3 is 2.45 bits per heavy atom. The van der Waals surface area contributed by atoms with Crippen LogP contribution in [-0.2, 0) is 9.47 Å². The number of fused-ring (bicyclic) bond motifs is 1. The molecule has 1 saturated carbocycles. The predicted molar refractivity (Wildman–Crippen MR) is 75.5 cm³/mol. The number of nitrogens with zero attached hydrogens (tertiary/aromatic N) is 1. The van der Waals surface area contributed by atoms with Crippen LogP contribution in [0.15, 0.2) is 0 Å². The number of carbonyl (C=O) groups excluding carboxylic acids is 1. The fourth-order valence-electron chi connectivity index (χ4n) is 3.45. The van der Waals surface area contributed by atoms with Gasteiger partial charge >= 0.3 is 6.09 Å². The molecule has 1 N–H and O–H groups in total. The van der Waals surface area contributed by atoms with Crippen LogP contribution in [0.3, 0.4) is 0 Å². The van der Waals surface area contributed by atoms with Crippen molar-refractivity contribution in [1.82, 2.24) is 10.2 Å². The molecule has 1 amide bonds. The molecule has 3 aliphatic rings. The lowest BCUT2D eigenvalue weighted by molar-refractivity contribution is 0.0267. The summed E-state index contributed by atoms with van der Waals surface area (Å²) < 4.78 is 11.0. The maximum atomic E-state index is 12.0. The summed E-state index contributed by atoms with van der Waals surface area (Å²) in [5.41, 5.74) is -0.405. The molecule has 3 rings (SSSR count). The normalized spacial score (nSPS) is 39.8. The van der Waals surface area contributed by atoms with Crippen molar-refractivity contribution in [2.45, 2.75) is 57.9 Å². The molecule has 0 aromatic heterocycles. The van der Waals surface area contributed by atoms with Crippen molar-refractivity contribution in [3.05, 3.63) is 0 Å². The van der Waals surface area contributed by atoms with Crippen molar-refractivity contribution >= 4 is 6.09 Å². The van der Waals surface area contributed by atoms with E-state index in [9.17, 15) is 4.79 Å². The summed E-state index contributed by atoms with van der Waals surface area (Å²) in [6.45, 7) is 10.4. The number of amides is 1. The Kier molecular flexibility index (Phi) is 3.45. The molecular weight excluding hydrogens is 256 g/mol. The van der Waals surface area contributed by atoms with Gasteiger partial charge in [-0.1, -0.05) is 0 Å². The van der Waals surface area contributed by atoms with Crippen molar-refractivity contribution in [3.63, 3.8) is 0 Å². The summed E-state index contributed by atoms with van der Waals surface area (Å²) in [5, 5.41) is 3.71. The molecule has 0 aromatic rings. The Balaban J connectivity index is 1.45. The monoisotopic (exact) mass is 282 g/mol. The number of piperidine rings is 1. The van der Waals surface area contributed by atoms with Gasteiger partial charge in [0.25, 0.3) is 0 Å². The summed E-state index contributed by atoms with van der Waals surface area (Å²) in [6.07, 6.45) is 1.26. The first-order chi connectivity index (χ1) is 9.35. The van der Waals surface area contributed by atoms with Crippen molar-refractivity contribution in [2.24, 2.45) is 11.8 Å². The second kappa shape index (κ2) is 4.88. The van der Waals surface area contributed by atoms with E-state index in [0.29, 0.717) is 30.0 Å². The van der Waals surface area contributed by atoms with Gasteiger partial charge in [0.2, 0.25) is 0 Å². The molecule has 0 spiro atoms. The average Bonchev–Trinajstić information content (AvgIpc) is 2.72. The smallest absolute Gasteiger partial charge is 0.410 e. The van der Waals surface area contributed by atoms with Gasteiger partial charge in [0.1, 0.15) is 5.60 Å². The van der Waals surface area contributed by atoms with Gasteiger partial charge in [-0.2, -0.15) is 0 Å².